The molecule has 2 aromatic rings. The van der Waals surface area contributed by atoms with E-state index in [1.807, 2.05) is 24.3 Å². The monoisotopic (exact) mass is 505 g/mol. The van der Waals surface area contributed by atoms with Crippen molar-refractivity contribution in [3.63, 3.8) is 0 Å². The van der Waals surface area contributed by atoms with Crippen molar-refractivity contribution < 1.29 is 4.79 Å². The number of hydrogen-bond donors (Lipinski definition) is 2. The van der Waals surface area contributed by atoms with Gasteiger partial charge in [-0.15, -0.1) is 0 Å². The Bertz CT molecular complexity index is 1030. The molecule has 0 spiro atoms. The molecule has 0 saturated carbocycles. The number of allylic oxidation sites excluding steroid dienone is 1. The fourth-order valence-electron chi connectivity index (χ4n) is 4.62. The molecule has 1 fully saturated rings. The van der Waals surface area contributed by atoms with Crippen LogP contribution in [0, 0.1) is 5.92 Å². The molecule has 1 aliphatic heterocycles. The summed E-state index contributed by atoms with van der Waals surface area (Å²) >= 11 is 0. The van der Waals surface area contributed by atoms with Crippen LogP contribution in [-0.4, -0.2) is 76.2 Å². The molecule has 0 unspecified atom stereocenters. The van der Waals surface area contributed by atoms with E-state index in [0.717, 1.165) is 25.6 Å². The van der Waals surface area contributed by atoms with E-state index in [-0.39, 0.29) is 12.5 Å². The molecule has 1 aromatic carbocycles. The van der Waals surface area contributed by atoms with Gasteiger partial charge in [-0.1, -0.05) is 30.4 Å². The first-order valence-electron chi connectivity index (χ1n) is 13.2. The van der Waals surface area contributed by atoms with Crippen LogP contribution in [0.2, 0.25) is 0 Å². The van der Waals surface area contributed by atoms with Crippen molar-refractivity contribution in [3.05, 3.63) is 78.0 Å². The maximum atomic E-state index is 13.3. The third-order valence-corrected chi connectivity index (χ3v) is 6.83. The molecule has 200 valence electrons. The van der Waals surface area contributed by atoms with E-state index in [1.165, 1.54) is 49.7 Å². The molecule has 3 rings (SSSR count). The van der Waals surface area contributed by atoms with E-state index in [4.69, 9.17) is 5.73 Å². The number of aromatic nitrogens is 2. The smallest absolute Gasteiger partial charge is 0.254 e. The number of carbonyl (C=O) groups excluding carboxylic acids is 1. The molecule has 1 aromatic heterocycles. The van der Waals surface area contributed by atoms with Crippen LogP contribution in [0.5, 0.6) is 0 Å². The average Bonchev–Trinajstić information content (AvgIpc) is 3.40. The topological polar surface area (TPSA) is 93.8 Å². The van der Waals surface area contributed by atoms with Gasteiger partial charge in [0.2, 0.25) is 0 Å². The van der Waals surface area contributed by atoms with Gasteiger partial charge >= 0.3 is 0 Å². The lowest BCUT2D eigenvalue weighted by Crippen LogP contribution is -2.38. The van der Waals surface area contributed by atoms with Crippen LogP contribution in [0.1, 0.15) is 54.9 Å². The van der Waals surface area contributed by atoms with Gasteiger partial charge in [0.1, 0.15) is 11.7 Å². The molecular weight excluding hydrogens is 462 g/mol. The van der Waals surface area contributed by atoms with E-state index in [0.29, 0.717) is 23.8 Å². The molecule has 8 heteroatoms. The maximum Gasteiger partial charge on any atom is 0.254 e. The molecule has 1 aliphatic rings. The first-order valence-corrected chi connectivity index (χ1v) is 13.2. The minimum atomic E-state index is -0.116. The number of carbonyl (C=O) groups is 1. The molecule has 0 atom stereocenters. The van der Waals surface area contributed by atoms with Crippen LogP contribution in [-0.2, 0) is 13.1 Å². The number of amides is 1. The summed E-state index contributed by atoms with van der Waals surface area (Å²) < 4.78 is 0. The van der Waals surface area contributed by atoms with Gasteiger partial charge in [-0.05, 0) is 83.4 Å². The molecule has 0 radical (unpaired) electrons. The zero-order valence-corrected chi connectivity index (χ0v) is 22.7. The summed E-state index contributed by atoms with van der Waals surface area (Å²) in [5.41, 5.74) is 9.17. The number of H-pyrrole nitrogens is 1. The van der Waals surface area contributed by atoms with Crippen molar-refractivity contribution in [2.75, 3.05) is 39.8 Å². The first kappa shape index (κ1) is 28.3. The normalized spacial score (nSPS) is 15.1. The van der Waals surface area contributed by atoms with Crippen molar-refractivity contribution in [2.45, 2.75) is 46.2 Å². The number of likely N-dealkylation sites (tertiary alicyclic amines) is 1. The van der Waals surface area contributed by atoms with E-state index in [1.54, 1.807) is 17.3 Å². The van der Waals surface area contributed by atoms with Crippen LogP contribution in [0.15, 0.2) is 66.1 Å². The molecule has 8 nitrogen and oxygen atoms in total. The zero-order valence-electron chi connectivity index (χ0n) is 22.7. The number of nitrogens with two attached hydrogens (primary N) is 1. The summed E-state index contributed by atoms with van der Waals surface area (Å²) in [5.74, 6) is 1.71. The van der Waals surface area contributed by atoms with E-state index >= 15 is 0 Å². The number of rotatable bonds is 13. The van der Waals surface area contributed by atoms with Crippen LogP contribution >= 0.6 is 0 Å². The Balaban J connectivity index is 1.49. The number of amidine groups is 1. The molecule has 0 bridgehead atoms. The summed E-state index contributed by atoms with van der Waals surface area (Å²) in [6.45, 7) is 13.9. The Morgan fingerprint density at radius 2 is 1.97 bits per heavy atom. The molecular formula is C29H43N7O. The largest absolute Gasteiger partial charge is 0.386 e. The third-order valence-electron chi connectivity index (χ3n) is 6.83. The fraction of sp³-hybridized carbons (Fsp3) is 0.483. The summed E-state index contributed by atoms with van der Waals surface area (Å²) in [5, 5.41) is 0. The van der Waals surface area contributed by atoms with Crippen molar-refractivity contribution >= 4 is 11.7 Å². The number of hydrogen-bond acceptors (Lipinski definition) is 5. The van der Waals surface area contributed by atoms with Gasteiger partial charge in [0.15, 0.2) is 0 Å². The Morgan fingerprint density at radius 3 is 2.59 bits per heavy atom. The molecule has 3 N–H and O–H groups in total. The quantitative estimate of drug-likeness (QED) is 0.243. The molecule has 2 heterocycles. The van der Waals surface area contributed by atoms with Gasteiger partial charge < -0.3 is 20.5 Å². The van der Waals surface area contributed by atoms with Crippen molar-refractivity contribution in [3.8, 4) is 0 Å². The van der Waals surface area contributed by atoms with E-state index in [9.17, 15) is 4.79 Å². The second kappa shape index (κ2) is 14.5. The number of aliphatic imine (C=N–C) groups is 1. The number of nitrogens with zero attached hydrogens (tertiary/aromatic N) is 5. The van der Waals surface area contributed by atoms with Crippen LogP contribution in [0.3, 0.4) is 0 Å². The highest BCUT2D eigenvalue weighted by molar-refractivity contribution is 5.97. The van der Waals surface area contributed by atoms with Gasteiger partial charge in [-0.25, -0.2) is 9.98 Å². The Kier molecular flexibility index (Phi) is 11.1. The molecule has 1 saturated heterocycles. The summed E-state index contributed by atoms with van der Waals surface area (Å²) in [6.07, 6.45) is 10.9. The van der Waals surface area contributed by atoms with E-state index < -0.39 is 0 Å². The average molecular weight is 506 g/mol. The summed E-state index contributed by atoms with van der Waals surface area (Å²) in [7, 11) is 2.18. The maximum absolute atomic E-state index is 13.3. The minimum absolute atomic E-state index is 0.116. The number of nitrogens with one attached hydrogen (secondary N) is 1. The molecule has 37 heavy (non-hydrogen) atoms. The fourth-order valence-corrected chi connectivity index (χ4v) is 4.62. The lowest BCUT2D eigenvalue weighted by molar-refractivity contribution is 0.0764. The Hall–Kier alpha value is -3.23. The zero-order chi connectivity index (χ0) is 26.6. The van der Waals surface area contributed by atoms with Crippen molar-refractivity contribution in [1.29, 1.82) is 0 Å². The lowest BCUT2D eigenvalue weighted by atomic mass is 9.93. The third kappa shape index (κ3) is 9.63. The van der Waals surface area contributed by atoms with E-state index in [2.05, 4.69) is 58.3 Å². The lowest BCUT2D eigenvalue weighted by Gasteiger charge is -2.32. The number of imidazole rings is 1. The SMILES string of the molecule is C=CN=C(N)CN(Cc1ncc[nH]1)C(=O)c1ccc(CN(C)CCC2CCN(CC=C(C)C)CC2)cc1. The van der Waals surface area contributed by atoms with Gasteiger partial charge in [0, 0.05) is 37.2 Å². The van der Waals surface area contributed by atoms with Crippen molar-refractivity contribution in [1.82, 2.24) is 24.7 Å². The highest BCUT2D eigenvalue weighted by atomic mass is 16.2. The predicted molar refractivity (Wildman–Crippen MR) is 151 cm³/mol. The highest BCUT2D eigenvalue weighted by Crippen LogP contribution is 2.21. The van der Waals surface area contributed by atoms with Gasteiger partial charge in [0.25, 0.3) is 5.91 Å². The Morgan fingerprint density at radius 1 is 1.24 bits per heavy atom. The van der Waals surface area contributed by atoms with Crippen LogP contribution in [0.4, 0.5) is 0 Å². The van der Waals surface area contributed by atoms with Gasteiger partial charge in [-0.3, -0.25) is 9.69 Å². The highest BCUT2D eigenvalue weighted by Gasteiger charge is 2.20. The van der Waals surface area contributed by atoms with Crippen LogP contribution < -0.4 is 5.73 Å². The first-order chi connectivity index (χ1) is 17.8. The molecule has 1 amide bonds. The number of piperidine rings is 1. The minimum Gasteiger partial charge on any atom is -0.386 e. The second-order valence-corrected chi connectivity index (χ2v) is 10.2. The predicted octanol–water partition coefficient (Wildman–Crippen LogP) is 4.05. The van der Waals surface area contributed by atoms with Crippen molar-refractivity contribution in [2.24, 2.45) is 16.6 Å². The second-order valence-electron chi connectivity index (χ2n) is 10.2. The van der Waals surface area contributed by atoms with Crippen LogP contribution in [0.25, 0.3) is 0 Å². The number of benzene rings is 1. The summed E-state index contributed by atoms with van der Waals surface area (Å²) in [6, 6.07) is 7.86. The number of aromatic amines is 1. The van der Waals surface area contributed by atoms with Gasteiger partial charge in [0.05, 0.1) is 13.1 Å². The van der Waals surface area contributed by atoms with Gasteiger partial charge in [-0.2, -0.15) is 0 Å². The Labute approximate surface area is 222 Å². The summed E-state index contributed by atoms with van der Waals surface area (Å²) in [4.78, 5) is 31.1. The molecule has 0 aliphatic carbocycles. The standard InChI is InChI=1S/C29H43N7O/c1-5-31-27(30)21-36(22-28-32-14-15-33-28)29(37)26-8-6-25(7-9-26)20-34(4)16-11-24-12-18-35(19-13-24)17-10-23(2)3/h5-10,14-15,24H,1,11-13,16-22H2,2-4H3,(H2,30,31)(H,32,33).